The third-order valence-electron chi connectivity index (χ3n) is 3.64. The van der Waals surface area contributed by atoms with E-state index >= 15 is 0 Å². The van der Waals surface area contributed by atoms with Gasteiger partial charge in [-0.05, 0) is 31.0 Å². The van der Waals surface area contributed by atoms with Crippen molar-refractivity contribution >= 4 is 17.3 Å². The Balaban J connectivity index is 1.72. The highest BCUT2D eigenvalue weighted by Gasteiger charge is 2.15. The van der Waals surface area contributed by atoms with Crippen molar-refractivity contribution in [3.8, 4) is 0 Å². The normalized spacial score (nSPS) is 14.4. The zero-order valence-electron chi connectivity index (χ0n) is 12.1. The highest BCUT2D eigenvalue weighted by molar-refractivity contribution is 6.01. The van der Waals surface area contributed by atoms with Crippen LogP contribution in [0.3, 0.4) is 0 Å². The zero-order chi connectivity index (χ0) is 14.7. The Morgan fingerprint density at radius 3 is 2.90 bits per heavy atom. The number of aromatic nitrogens is 3. The minimum atomic E-state index is -0.287. The number of benzene rings is 1. The maximum atomic E-state index is 12.1. The van der Waals surface area contributed by atoms with E-state index < -0.39 is 0 Å². The summed E-state index contributed by atoms with van der Waals surface area (Å²) in [6.45, 7) is 4.12. The Morgan fingerprint density at radius 2 is 2.19 bits per heavy atom. The molecule has 0 unspecified atom stereocenters. The van der Waals surface area contributed by atoms with Crippen molar-refractivity contribution in [1.82, 2.24) is 15.2 Å². The van der Waals surface area contributed by atoms with Crippen molar-refractivity contribution in [3.63, 3.8) is 0 Å². The maximum absolute atomic E-state index is 12.1. The van der Waals surface area contributed by atoms with Crippen LogP contribution in [0.1, 0.15) is 36.2 Å². The van der Waals surface area contributed by atoms with Gasteiger partial charge in [-0.15, -0.1) is 5.10 Å². The predicted octanol–water partition coefficient (Wildman–Crippen LogP) is 2.22. The first-order valence-corrected chi connectivity index (χ1v) is 7.34. The van der Waals surface area contributed by atoms with Gasteiger partial charge in [0.1, 0.15) is 5.82 Å². The molecule has 6 heteroatoms. The van der Waals surface area contributed by atoms with Gasteiger partial charge in [0.25, 0.3) is 5.91 Å². The molecular weight excluding hydrogens is 266 g/mol. The quantitative estimate of drug-likeness (QED) is 0.903. The lowest BCUT2D eigenvalue weighted by Gasteiger charge is -2.18. The van der Waals surface area contributed by atoms with E-state index in [9.17, 15) is 4.79 Å². The van der Waals surface area contributed by atoms with Crippen LogP contribution in [0, 0.1) is 0 Å². The van der Waals surface area contributed by atoms with Crippen LogP contribution in [0.4, 0.5) is 11.4 Å². The second kappa shape index (κ2) is 5.95. The number of aryl methyl sites for hydroxylation is 1. The summed E-state index contributed by atoms with van der Waals surface area (Å²) in [6.07, 6.45) is 3.19. The van der Waals surface area contributed by atoms with Crippen molar-refractivity contribution < 1.29 is 4.79 Å². The number of nitrogens with one attached hydrogen (secondary N) is 2. The van der Waals surface area contributed by atoms with Gasteiger partial charge in [-0.2, -0.15) is 0 Å². The molecule has 1 saturated heterocycles. The van der Waals surface area contributed by atoms with E-state index in [1.807, 2.05) is 25.1 Å². The average molecular weight is 285 g/mol. The van der Waals surface area contributed by atoms with E-state index in [0.29, 0.717) is 5.82 Å². The molecule has 0 radical (unpaired) electrons. The molecule has 1 aromatic carbocycles. The molecule has 2 heterocycles. The van der Waals surface area contributed by atoms with E-state index in [1.54, 1.807) is 0 Å². The van der Waals surface area contributed by atoms with Crippen LogP contribution in [0.25, 0.3) is 0 Å². The third-order valence-corrected chi connectivity index (χ3v) is 3.64. The average Bonchev–Trinajstić information content (AvgIpc) is 3.19. The van der Waals surface area contributed by atoms with Gasteiger partial charge in [0.15, 0.2) is 0 Å². The van der Waals surface area contributed by atoms with Crippen LogP contribution in [-0.2, 0) is 6.42 Å². The highest BCUT2D eigenvalue weighted by atomic mass is 16.2. The second-order valence-corrected chi connectivity index (χ2v) is 5.16. The summed E-state index contributed by atoms with van der Waals surface area (Å²) in [5, 5.41) is 9.52. The van der Waals surface area contributed by atoms with E-state index in [0.717, 1.165) is 30.9 Å². The molecule has 0 bridgehead atoms. The molecule has 0 spiro atoms. The van der Waals surface area contributed by atoms with Crippen LogP contribution < -0.4 is 10.2 Å². The van der Waals surface area contributed by atoms with Gasteiger partial charge in [-0.3, -0.25) is 9.89 Å². The van der Waals surface area contributed by atoms with Crippen molar-refractivity contribution in [2.24, 2.45) is 0 Å². The van der Waals surface area contributed by atoms with Crippen LogP contribution in [0.5, 0.6) is 0 Å². The first-order chi connectivity index (χ1) is 10.3. The lowest BCUT2D eigenvalue weighted by atomic mass is 10.2. The van der Waals surface area contributed by atoms with Gasteiger partial charge < -0.3 is 10.2 Å². The number of rotatable bonds is 4. The lowest BCUT2D eigenvalue weighted by molar-refractivity contribution is 0.101. The number of hydrogen-bond acceptors (Lipinski definition) is 4. The van der Waals surface area contributed by atoms with Crippen LogP contribution in [-0.4, -0.2) is 34.2 Å². The summed E-state index contributed by atoms with van der Waals surface area (Å²) in [5.74, 6) is 0.605. The van der Waals surface area contributed by atoms with Crippen molar-refractivity contribution in [2.45, 2.75) is 26.2 Å². The Morgan fingerprint density at radius 1 is 1.38 bits per heavy atom. The SMILES string of the molecule is CCc1nc(C(=O)Nc2cccc(N3CCCC3)c2)n[nH]1. The van der Waals surface area contributed by atoms with E-state index in [2.05, 4.69) is 31.5 Å². The molecule has 1 aliphatic rings. The minimum absolute atomic E-state index is 0.179. The Hall–Kier alpha value is -2.37. The summed E-state index contributed by atoms with van der Waals surface area (Å²) < 4.78 is 0. The smallest absolute Gasteiger partial charge is 0.295 e. The molecule has 0 atom stereocenters. The Kier molecular flexibility index (Phi) is 3.85. The molecule has 1 aromatic heterocycles. The van der Waals surface area contributed by atoms with Crippen molar-refractivity contribution in [2.75, 3.05) is 23.3 Å². The molecule has 21 heavy (non-hydrogen) atoms. The summed E-state index contributed by atoms with van der Waals surface area (Å²) in [5.41, 5.74) is 1.92. The molecule has 1 aliphatic heterocycles. The lowest BCUT2D eigenvalue weighted by Crippen LogP contribution is -2.18. The number of amides is 1. The number of carbonyl (C=O) groups is 1. The molecular formula is C15H19N5O. The maximum Gasteiger partial charge on any atom is 0.295 e. The van der Waals surface area contributed by atoms with Gasteiger partial charge in [0.2, 0.25) is 5.82 Å². The fraction of sp³-hybridized carbons (Fsp3) is 0.400. The molecule has 6 nitrogen and oxygen atoms in total. The van der Waals surface area contributed by atoms with E-state index in [1.165, 1.54) is 12.8 Å². The predicted molar refractivity (Wildman–Crippen MR) is 81.6 cm³/mol. The number of hydrogen-bond donors (Lipinski definition) is 2. The van der Waals surface area contributed by atoms with E-state index in [4.69, 9.17) is 0 Å². The first kappa shape index (κ1) is 13.6. The molecule has 0 aliphatic carbocycles. The number of carbonyl (C=O) groups excluding carboxylic acids is 1. The molecule has 3 rings (SSSR count). The number of anilines is 2. The topological polar surface area (TPSA) is 73.9 Å². The molecule has 110 valence electrons. The van der Waals surface area contributed by atoms with Gasteiger partial charge >= 0.3 is 0 Å². The monoisotopic (exact) mass is 285 g/mol. The summed E-state index contributed by atoms with van der Waals surface area (Å²) >= 11 is 0. The fourth-order valence-electron chi connectivity index (χ4n) is 2.50. The largest absolute Gasteiger partial charge is 0.371 e. The third kappa shape index (κ3) is 3.04. The molecule has 0 saturated carbocycles. The van der Waals surface area contributed by atoms with Crippen LogP contribution in [0.2, 0.25) is 0 Å². The highest BCUT2D eigenvalue weighted by Crippen LogP contribution is 2.23. The number of aromatic amines is 1. The van der Waals surface area contributed by atoms with Crippen molar-refractivity contribution in [1.29, 1.82) is 0 Å². The van der Waals surface area contributed by atoms with Gasteiger partial charge in [0, 0.05) is 30.9 Å². The van der Waals surface area contributed by atoms with Gasteiger partial charge in [-0.1, -0.05) is 13.0 Å². The molecule has 1 amide bonds. The molecule has 2 N–H and O–H groups in total. The Labute approximate surface area is 123 Å². The standard InChI is InChI=1S/C15H19N5O/c1-2-13-17-14(19-18-13)15(21)16-11-6-5-7-12(10-11)20-8-3-4-9-20/h5-7,10H,2-4,8-9H2,1H3,(H,16,21)(H,17,18,19). The second-order valence-electron chi connectivity index (χ2n) is 5.16. The number of nitrogens with zero attached hydrogens (tertiary/aromatic N) is 3. The Bertz CT molecular complexity index is 630. The fourth-order valence-corrected chi connectivity index (χ4v) is 2.50. The first-order valence-electron chi connectivity index (χ1n) is 7.34. The molecule has 1 fully saturated rings. The summed E-state index contributed by atoms with van der Waals surface area (Å²) in [7, 11) is 0. The molecule has 2 aromatic rings. The van der Waals surface area contributed by atoms with E-state index in [-0.39, 0.29) is 11.7 Å². The zero-order valence-corrected chi connectivity index (χ0v) is 12.1. The van der Waals surface area contributed by atoms with Crippen molar-refractivity contribution in [3.05, 3.63) is 35.9 Å². The minimum Gasteiger partial charge on any atom is -0.371 e. The summed E-state index contributed by atoms with van der Waals surface area (Å²) in [4.78, 5) is 18.6. The van der Waals surface area contributed by atoms with Gasteiger partial charge in [0.05, 0.1) is 0 Å². The van der Waals surface area contributed by atoms with Crippen LogP contribution >= 0.6 is 0 Å². The summed E-state index contributed by atoms with van der Waals surface area (Å²) in [6, 6.07) is 7.91. The van der Waals surface area contributed by atoms with Gasteiger partial charge in [-0.25, -0.2) is 4.98 Å². The van der Waals surface area contributed by atoms with Crippen LogP contribution in [0.15, 0.2) is 24.3 Å². The number of H-pyrrole nitrogens is 1.